The van der Waals surface area contributed by atoms with Crippen molar-refractivity contribution in [2.75, 3.05) is 0 Å². The Hall–Kier alpha value is -1.04. The van der Waals surface area contributed by atoms with Gasteiger partial charge in [-0.05, 0) is 47.8 Å². The van der Waals surface area contributed by atoms with E-state index >= 15 is 0 Å². The minimum Gasteiger partial charge on any atom is -0.0802 e. The molecule has 0 fully saturated rings. The van der Waals surface area contributed by atoms with Crippen LogP contribution in [0.1, 0.15) is 57.6 Å². The van der Waals surface area contributed by atoms with Crippen LogP contribution in [0.25, 0.3) is 5.57 Å². The van der Waals surface area contributed by atoms with Gasteiger partial charge in [0.2, 0.25) is 0 Å². The molecule has 0 bridgehead atoms. The highest BCUT2D eigenvalue weighted by Gasteiger charge is 2.21. The first-order valence-corrected chi connectivity index (χ1v) is 6.89. The molecule has 0 heterocycles. The molecule has 0 nitrogen and oxygen atoms in total. The van der Waals surface area contributed by atoms with E-state index in [0.717, 1.165) is 0 Å². The Morgan fingerprint density at radius 1 is 1.12 bits per heavy atom. The van der Waals surface area contributed by atoms with Crippen molar-refractivity contribution >= 4 is 5.57 Å². The Kier molecular flexibility index (Phi) is 3.71. The summed E-state index contributed by atoms with van der Waals surface area (Å²) >= 11 is 0. The zero-order valence-corrected chi connectivity index (χ0v) is 11.4. The second-order valence-corrected chi connectivity index (χ2v) is 6.04. The van der Waals surface area contributed by atoms with Gasteiger partial charge in [0.1, 0.15) is 0 Å². The summed E-state index contributed by atoms with van der Waals surface area (Å²) in [6.07, 6.45) is 8.65. The van der Waals surface area contributed by atoms with Crippen molar-refractivity contribution in [1.29, 1.82) is 0 Å². The molecule has 0 saturated heterocycles. The molecule has 1 aliphatic carbocycles. The van der Waals surface area contributed by atoms with E-state index in [1.165, 1.54) is 43.2 Å². The maximum atomic E-state index is 2.44. The summed E-state index contributed by atoms with van der Waals surface area (Å²) in [4.78, 5) is 0. The number of benzene rings is 1. The van der Waals surface area contributed by atoms with Crippen LogP contribution in [0.2, 0.25) is 0 Å². The molecule has 1 aromatic carbocycles. The van der Waals surface area contributed by atoms with Crippen molar-refractivity contribution in [2.24, 2.45) is 5.41 Å². The molecule has 0 radical (unpaired) electrons. The fraction of sp³-hybridized carbons (Fsp3) is 0.529. The normalized spacial score (nSPS) is 18.9. The minimum absolute atomic E-state index is 0.506. The predicted octanol–water partition coefficient (Wildman–Crippen LogP) is 5.23. The summed E-state index contributed by atoms with van der Waals surface area (Å²) < 4.78 is 0. The van der Waals surface area contributed by atoms with Gasteiger partial charge in [-0.15, -0.1) is 0 Å². The van der Waals surface area contributed by atoms with Gasteiger partial charge in [0.25, 0.3) is 0 Å². The fourth-order valence-electron chi connectivity index (χ4n) is 2.51. The number of aryl methyl sites for hydroxylation is 1. The van der Waals surface area contributed by atoms with Crippen LogP contribution < -0.4 is 0 Å². The van der Waals surface area contributed by atoms with Gasteiger partial charge in [-0.1, -0.05) is 57.5 Å². The van der Waals surface area contributed by atoms with Crippen molar-refractivity contribution < 1.29 is 0 Å². The van der Waals surface area contributed by atoms with Crippen molar-refractivity contribution in [3.63, 3.8) is 0 Å². The van der Waals surface area contributed by atoms with Gasteiger partial charge in [0, 0.05) is 0 Å². The molecule has 0 aliphatic heterocycles. The third kappa shape index (κ3) is 3.21. The molecule has 0 atom stereocenters. The van der Waals surface area contributed by atoms with Crippen LogP contribution in [-0.4, -0.2) is 0 Å². The van der Waals surface area contributed by atoms with E-state index in [-0.39, 0.29) is 0 Å². The zero-order chi connectivity index (χ0) is 12.3. The largest absolute Gasteiger partial charge is 0.0802 e. The Morgan fingerprint density at radius 3 is 2.35 bits per heavy atom. The van der Waals surface area contributed by atoms with Gasteiger partial charge in [-0.25, -0.2) is 0 Å². The average molecular weight is 228 g/mol. The SMILES string of the molecule is CCCc1ccc(C2=CCC(C)(C)CC2)cc1. The Labute approximate surface area is 106 Å². The van der Waals surface area contributed by atoms with Crippen molar-refractivity contribution in [3.8, 4) is 0 Å². The lowest BCUT2D eigenvalue weighted by molar-refractivity contribution is 0.335. The summed E-state index contributed by atoms with van der Waals surface area (Å²) in [5.74, 6) is 0. The summed E-state index contributed by atoms with van der Waals surface area (Å²) in [5.41, 5.74) is 4.95. The first-order valence-electron chi connectivity index (χ1n) is 6.89. The lowest BCUT2D eigenvalue weighted by Gasteiger charge is -2.28. The lowest BCUT2D eigenvalue weighted by Crippen LogP contribution is -2.14. The Balaban J connectivity index is 2.10. The molecule has 17 heavy (non-hydrogen) atoms. The van der Waals surface area contributed by atoms with E-state index < -0.39 is 0 Å². The van der Waals surface area contributed by atoms with Crippen molar-refractivity contribution in [2.45, 2.75) is 52.9 Å². The second kappa shape index (κ2) is 5.08. The molecule has 0 saturated carbocycles. The molecular formula is C17H24. The third-order valence-electron chi connectivity index (χ3n) is 3.84. The van der Waals surface area contributed by atoms with Crippen LogP contribution >= 0.6 is 0 Å². The fourth-order valence-corrected chi connectivity index (χ4v) is 2.51. The Bertz CT molecular complexity index is 393. The van der Waals surface area contributed by atoms with Crippen LogP contribution in [0.15, 0.2) is 30.3 Å². The number of hydrogen-bond donors (Lipinski definition) is 0. The molecule has 1 aliphatic rings. The van der Waals surface area contributed by atoms with Crippen LogP contribution in [0.3, 0.4) is 0 Å². The quantitative estimate of drug-likeness (QED) is 0.664. The van der Waals surface area contributed by atoms with E-state index in [0.29, 0.717) is 5.41 Å². The van der Waals surface area contributed by atoms with Crippen molar-refractivity contribution in [1.82, 2.24) is 0 Å². The molecule has 0 spiro atoms. The number of hydrogen-bond acceptors (Lipinski definition) is 0. The first-order chi connectivity index (χ1) is 8.11. The monoisotopic (exact) mass is 228 g/mol. The zero-order valence-electron chi connectivity index (χ0n) is 11.4. The highest BCUT2D eigenvalue weighted by Crippen LogP contribution is 2.37. The van der Waals surface area contributed by atoms with E-state index in [1.807, 2.05) is 0 Å². The summed E-state index contributed by atoms with van der Waals surface area (Å²) in [5, 5.41) is 0. The minimum atomic E-state index is 0.506. The maximum Gasteiger partial charge on any atom is -0.0228 e. The summed E-state index contributed by atoms with van der Waals surface area (Å²) in [7, 11) is 0. The third-order valence-corrected chi connectivity index (χ3v) is 3.84. The topological polar surface area (TPSA) is 0 Å². The smallest absolute Gasteiger partial charge is 0.0228 e. The van der Waals surface area contributed by atoms with Gasteiger partial charge in [0.05, 0.1) is 0 Å². The van der Waals surface area contributed by atoms with E-state index in [9.17, 15) is 0 Å². The standard InChI is InChI=1S/C17H24/c1-4-5-14-6-8-15(9-7-14)16-10-12-17(2,3)13-11-16/h6-10H,4-5,11-13H2,1-3H3. The van der Waals surface area contributed by atoms with Crippen LogP contribution in [0.4, 0.5) is 0 Å². The van der Waals surface area contributed by atoms with E-state index in [1.54, 1.807) is 5.57 Å². The number of allylic oxidation sites excluding steroid dienone is 2. The van der Waals surface area contributed by atoms with Gasteiger partial charge in [-0.2, -0.15) is 0 Å². The number of rotatable bonds is 3. The van der Waals surface area contributed by atoms with Gasteiger partial charge in [0.15, 0.2) is 0 Å². The molecule has 2 rings (SSSR count). The molecule has 0 amide bonds. The summed E-state index contributed by atoms with van der Waals surface area (Å²) in [6.45, 7) is 6.97. The molecular weight excluding hydrogens is 204 g/mol. The maximum absolute atomic E-state index is 2.44. The molecule has 0 aromatic heterocycles. The molecule has 1 aromatic rings. The van der Waals surface area contributed by atoms with Crippen LogP contribution in [0.5, 0.6) is 0 Å². The second-order valence-electron chi connectivity index (χ2n) is 6.04. The summed E-state index contributed by atoms with van der Waals surface area (Å²) in [6, 6.07) is 9.18. The van der Waals surface area contributed by atoms with Gasteiger partial charge < -0.3 is 0 Å². The lowest BCUT2D eigenvalue weighted by atomic mass is 9.77. The first kappa shape index (κ1) is 12.4. The van der Waals surface area contributed by atoms with E-state index in [2.05, 4.69) is 51.1 Å². The Morgan fingerprint density at radius 2 is 1.82 bits per heavy atom. The van der Waals surface area contributed by atoms with Crippen LogP contribution in [0, 0.1) is 5.41 Å². The van der Waals surface area contributed by atoms with Crippen LogP contribution in [-0.2, 0) is 6.42 Å². The molecule has 0 heteroatoms. The molecule has 0 unspecified atom stereocenters. The predicted molar refractivity (Wildman–Crippen MR) is 76.0 cm³/mol. The molecule has 0 N–H and O–H groups in total. The van der Waals surface area contributed by atoms with Crippen molar-refractivity contribution in [3.05, 3.63) is 41.5 Å². The highest BCUT2D eigenvalue weighted by molar-refractivity contribution is 5.66. The molecule has 92 valence electrons. The van der Waals surface area contributed by atoms with Gasteiger partial charge >= 0.3 is 0 Å². The van der Waals surface area contributed by atoms with E-state index in [4.69, 9.17) is 0 Å². The highest BCUT2D eigenvalue weighted by atomic mass is 14.3. The van der Waals surface area contributed by atoms with Gasteiger partial charge in [-0.3, -0.25) is 0 Å². The average Bonchev–Trinajstić information content (AvgIpc) is 2.31.